The minimum absolute atomic E-state index is 0.0218. The summed E-state index contributed by atoms with van der Waals surface area (Å²) in [6.45, 7) is 6.88. The average molecular weight is 464 g/mol. The van der Waals surface area contributed by atoms with Crippen LogP contribution in [0.4, 0.5) is 10.1 Å². The zero-order valence-corrected chi connectivity index (χ0v) is 20.3. The minimum Gasteiger partial charge on any atom is -0.371 e. The Hall–Kier alpha value is -2.96. The van der Waals surface area contributed by atoms with E-state index in [9.17, 15) is 4.79 Å². The van der Waals surface area contributed by atoms with Gasteiger partial charge in [-0.15, -0.1) is 0 Å². The van der Waals surface area contributed by atoms with Crippen LogP contribution < -0.4 is 4.90 Å². The van der Waals surface area contributed by atoms with Crippen molar-refractivity contribution >= 4 is 17.2 Å². The number of fused-ring (bicyclic) bond motifs is 1. The molecule has 34 heavy (non-hydrogen) atoms. The van der Waals surface area contributed by atoms with Crippen molar-refractivity contribution in [2.24, 2.45) is 0 Å². The first-order valence-electron chi connectivity index (χ1n) is 12.8. The largest absolute Gasteiger partial charge is 0.371 e. The van der Waals surface area contributed by atoms with Gasteiger partial charge in [0.2, 0.25) is 0 Å². The first-order chi connectivity index (χ1) is 16.5. The maximum absolute atomic E-state index is 15.2. The molecule has 2 aliphatic rings. The summed E-state index contributed by atoms with van der Waals surface area (Å²) in [7, 11) is 0. The molecule has 4 heterocycles. The van der Waals surface area contributed by atoms with E-state index in [1.54, 1.807) is 16.6 Å². The van der Waals surface area contributed by atoms with E-state index in [1.165, 1.54) is 6.42 Å². The SMILES string of the molecule is CCc1cc(C(=O)N2CCCCCC2C)nc2cc(-c3ccc(N4CCCCC4)cc3F)nn12. The summed E-state index contributed by atoms with van der Waals surface area (Å²) in [6.07, 6.45) is 8.62. The summed E-state index contributed by atoms with van der Waals surface area (Å²) in [6, 6.07) is 9.27. The molecule has 0 N–H and O–H groups in total. The van der Waals surface area contributed by atoms with E-state index in [0.29, 0.717) is 29.0 Å². The van der Waals surface area contributed by atoms with Gasteiger partial charge < -0.3 is 9.80 Å². The van der Waals surface area contributed by atoms with Gasteiger partial charge in [-0.25, -0.2) is 13.9 Å². The number of hydrogen-bond acceptors (Lipinski definition) is 4. The van der Waals surface area contributed by atoms with Crippen molar-refractivity contribution in [3.63, 3.8) is 0 Å². The Morgan fingerprint density at radius 1 is 1.03 bits per heavy atom. The van der Waals surface area contributed by atoms with Crippen molar-refractivity contribution in [3.8, 4) is 11.3 Å². The fraction of sp³-hybridized carbons (Fsp3) is 0.519. The number of aryl methyl sites for hydroxylation is 1. The third-order valence-corrected chi connectivity index (χ3v) is 7.35. The second-order valence-electron chi connectivity index (χ2n) is 9.69. The number of rotatable bonds is 4. The van der Waals surface area contributed by atoms with Gasteiger partial charge in [-0.2, -0.15) is 5.10 Å². The number of hydrogen-bond donors (Lipinski definition) is 0. The summed E-state index contributed by atoms with van der Waals surface area (Å²) >= 11 is 0. The lowest BCUT2D eigenvalue weighted by Crippen LogP contribution is -2.38. The topological polar surface area (TPSA) is 53.7 Å². The minimum atomic E-state index is -0.279. The standard InChI is InChI=1S/C27H34FN5O/c1-3-20-17-25(27(34)32-15-9-4-6-10-19(32)2)29-26-18-24(30-33(20)26)22-12-11-21(16-23(22)28)31-13-7-5-8-14-31/h11-12,16-19H,3-10,13-15H2,1-2H3. The summed E-state index contributed by atoms with van der Waals surface area (Å²) in [5.74, 6) is -0.300. The van der Waals surface area contributed by atoms with Gasteiger partial charge in [0.1, 0.15) is 11.5 Å². The predicted octanol–water partition coefficient (Wildman–Crippen LogP) is 5.49. The van der Waals surface area contributed by atoms with Crippen LogP contribution >= 0.6 is 0 Å². The molecule has 2 aliphatic heterocycles. The molecule has 2 aromatic heterocycles. The van der Waals surface area contributed by atoms with Crippen LogP contribution in [-0.4, -0.2) is 51.1 Å². The molecule has 1 amide bonds. The number of amides is 1. The third-order valence-electron chi connectivity index (χ3n) is 7.35. The maximum Gasteiger partial charge on any atom is 0.272 e. The van der Waals surface area contributed by atoms with E-state index in [0.717, 1.165) is 69.5 Å². The zero-order valence-electron chi connectivity index (χ0n) is 20.3. The molecule has 2 fully saturated rings. The molecule has 1 aromatic carbocycles. The highest BCUT2D eigenvalue weighted by Crippen LogP contribution is 2.29. The molecular weight excluding hydrogens is 429 g/mol. The second-order valence-corrected chi connectivity index (χ2v) is 9.69. The molecular formula is C27H34FN5O. The van der Waals surface area contributed by atoms with Gasteiger partial charge in [0, 0.05) is 48.7 Å². The summed E-state index contributed by atoms with van der Waals surface area (Å²) in [5, 5.41) is 4.68. The lowest BCUT2D eigenvalue weighted by Gasteiger charge is -2.28. The third kappa shape index (κ3) is 4.40. The van der Waals surface area contributed by atoms with Crippen LogP contribution in [0, 0.1) is 5.82 Å². The molecule has 6 nitrogen and oxygen atoms in total. The van der Waals surface area contributed by atoms with Crippen molar-refractivity contribution < 1.29 is 9.18 Å². The molecule has 0 radical (unpaired) electrons. The molecule has 1 unspecified atom stereocenters. The number of likely N-dealkylation sites (tertiary alicyclic amines) is 1. The number of nitrogens with zero attached hydrogens (tertiary/aromatic N) is 5. The first kappa shape index (κ1) is 22.8. The normalized spacial score (nSPS) is 19.4. The van der Waals surface area contributed by atoms with Crippen molar-refractivity contribution in [1.82, 2.24) is 19.5 Å². The van der Waals surface area contributed by atoms with Gasteiger partial charge >= 0.3 is 0 Å². The molecule has 1 atom stereocenters. The fourth-order valence-electron chi connectivity index (χ4n) is 5.31. The first-order valence-corrected chi connectivity index (χ1v) is 12.8. The summed E-state index contributed by atoms with van der Waals surface area (Å²) < 4.78 is 16.9. The smallest absolute Gasteiger partial charge is 0.272 e. The van der Waals surface area contributed by atoms with E-state index in [1.807, 2.05) is 30.0 Å². The lowest BCUT2D eigenvalue weighted by atomic mass is 10.1. The molecule has 3 aromatic rings. The van der Waals surface area contributed by atoms with Crippen LogP contribution in [-0.2, 0) is 6.42 Å². The number of carbonyl (C=O) groups is 1. The number of piperidine rings is 1. The Morgan fingerprint density at radius 2 is 1.79 bits per heavy atom. The number of halogens is 1. The van der Waals surface area contributed by atoms with Crippen LogP contribution in [0.1, 0.15) is 75.0 Å². The number of aromatic nitrogens is 3. The molecule has 5 rings (SSSR count). The van der Waals surface area contributed by atoms with Gasteiger partial charge in [0.25, 0.3) is 5.91 Å². The van der Waals surface area contributed by atoms with Gasteiger partial charge in [0.05, 0.1) is 5.69 Å². The Kier molecular flexibility index (Phi) is 6.53. The Labute approximate surface area is 200 Å². The van der Waals surface area contributed by atoms with Gasteiger partial charge in [0.15, 0.2) is 5.65 Å². The number of carbonyl (C=O) groups excluding carboxylic acids is 1. The van der Waals surface area contributed by atoms with Crippen molar-refractivity contribution in [2.75, 3.05) is 24.5 Å². The summed E-state index contributed by atoms with van der Waals surface area (Å²) in [4.78, 5) is 22.2. The molecule has 0 aliphatic carbocycles. The predicted molar refractivity (Wildman–Crippen MR) is 133 cm³/mol. The maximum atomic E-state index is 15.2. The van der Waals surface area contributed by atoms with E-state index >= 15 is 4.39 Å². The lowest BCUT2D eigenvalue weighted by molar-refractivity contribution is 0.0692. The molecule has 7 heteroatoms. The Morgan fingerprint density at radius 3 is 2.56 bits per heavy atom. The van der Waals surface area contributed by atoms with Gasteiger partial charge in [-0.1, -0.05) is 19.8 Å². The second kappa shape index (κ2) is 9.72. The highest BCUT2D eigenvalue weighted by Gasteiger charge is 2.25. The van der Waals surface area contributed by atoms with E-state index < -0.39 is 0 Å². The van der Waals surface area contributed by atoms with Crippen molar-refractivity contribution in [2.45, 2.75) is 71.3 Å². The monoisotopic (exact) mass is 463 g/mol. The average Bonchev–Trinajstić information content (AvgIpc) is 3.17. The van der Waals surface area contributed by atoms with Crippen LogP contribution in [0.25, 0.3) is 16.9 Å². The van der Waals surface area contributed by atoms with Gasteiger partial charge in [-0.3, -0.25) is 4.79 Å². The van der Waals surface area contributed by atoms with E-state index in [4.69, 9.17) is 0 Å². The zero-order chi connectivity index (χ0) is 23.7. The highest BCUT2D eigenvalue weighted by molar-refractivity contribution is 5.93. The highest BCUT2D eigenvalue weighted by atomic mass is 19.1. The van der Waals surface area contributed by atoms with E-state index in [2.05, 4.69) is 21.9 Å². The number of benzene rings is 1. The van der Waals surface area contributed by atoms with Crippen LogP contribution in [0.15, 0.2) is 30.3 Å². The van der Waals surface area contributed by atoms with Crippen LogP contribution in [0.2, 0.25) is 0 Å². The molecule has 0 bridgehead atoms. The number of anilines is 1. The van der Waals surface area contributed by atoms with Crippen LogP contribution in [0.3, 0.4) is 0 Å². The van der Waals surface area contributed by atoms with Crippen molar-refractivity contribution in [1.29, 1.82) is 0 Å². The molecule has 2 saturated heterocycles. The molecule has 180 valence electrons. The molecule has 0 spiro atoms. The van der Waals surface area contributed by atoms with Crippen LogP contribution in [0.5, 0.6) is 0 Å². The van der Waals surface area contributed by atoms with E-state index in [-0.39, 0.29) is 17.8 Å². The summed E-state index contributed by atoms with van der Waals surface area (Å²) in [5.41, 5.74) is 3.86. The Bertz CT molecular complexity index is 1180. The quantitative estimate of drug-likeness (QED) is 0.513. The van der Waals surface area contributed by atoms with Crippen molar-refractivity contribution in [3.05, 3.63) is 47.5 Å². The Balaban J connectivity index is 1.48. The molecule has 0 saturated carbocycles. The fourth-order valence-corrected chi connectivity index (χ4v) is 5.31. The van der Waals surface area contributed by atoms with Gasteiger partial charge in [-0.05, 0) is 69.7 Å².